The van der Waals surface area contributed by atoms with Gasteiger partial charge < -0.3 is 15.6 Å². The second-order valence-electron chi connectivity index (χ2n) is 7.65. The fraction of sp³-hybridized carbons (Fsp3) is 0.381. The Hall–Kier alpha value is -2.40. The van der Waals surface area contributed by atoms with Crippen molar-refractivity contribution in [2.45, 2.75) is 50.9 Å². The van der Waals surface area contributed by atoms with Crippen LogP contribution in [0.15, 0.2) is 36.4 Å². The molecule has 0 spiro atoms. The number of aromatic nitrogens is 3. The van der Waals surface area contributed by atoms with Crippen molar-refractivity contribution in [3.8, 4) is 0 Å². The van der Waals surface area contributed by atoms with Gasteiger partial charge in [0.1, 0.15) is 5.69 Å². The van der Waals surface area contributed by atoms with Crippen molar-refractivity contribution >= 4 is 49.6 Å². The molecular weight excluding hydrogens is 459 g/mol. The van der Waals surface area contributed by atoms with E-state index in [0.29, 0.717) is 11.4 Å². The van der Waals surface area contributed by atoms with Gasteiger partial charge in [0.2, 0.25) is 0 Å². The summed E-state index contributed by atoms with van der Waals surface area (Å²) in [4.78, 5) is 23.4. The van der Waals surface area contributed by atoms with Gasteiger partial charge in [-0.1, -0.05) is 12.1 Å². The van der Waals surface area contributed by atoms with E-state index in [1.54, 1.807) is 13.0 Å². The van der Waals surface area contributed by atoms with Gasteiger partial charge in [-0.3, -0.25) is 4.79 Å². The lowest BCUT2D eigenvalue weighted by molar-refractivity contribution is -0.141. The van der Waals surface area contributed by atoms with Crippen molar-refractivity contribution in [1.82, 2.24) is 20.3 Å². The highest BCUT2D eigenvalue weighted by Crippen LogP contribution is 2.31. The molecule has 0 radical (unpaired) electrons. The average molecular weight is 486 g/mol. The van der Waals surface area contributed by atoms with Gasteiger partial charge in [-0.05, 0) is 56.9 Å². The number of benzene rings is 1. The number of aromatic amines is 1. The van der Waals surface area contributed by atoms with E-state index in [4.69, 9.17) is 0 Å². The van der Waals surface area contributed by atoms with E-state index in [1.165, 1.54) is 0 Å². The van der Waals surface area contributed by atoms with Gasteiger partial charge >= 0.3 is 6.18 Å². The lowest BCUT2D eigenvalue weighted by Gasteiger charge is -2.30. The molecule has 0 unspecified atom stereocenters. The predicted molar refractivity (Wildman–Crippen MR) is 128 cm³/mol. The van der Waals surface area contributed by atoms with Crippen molar-refractivity contribution in [3.05, 3.63) is 53.6 Å². The minimum absolute atomic E-state index is 0. The second kappa shape index (κ2) is 10.5. The molecular formula is C21H26F3N5OS2. The summed E-state index contributed by atoms with van der Waals surface area (Å²) in [6.07, 6.45) is -1.51. The molecule has 1 aliphatic rings. The van der Waals surface area contributed by atoms with Gasteiger partial charge in [0.25, 0.3) is 5.91 Å². The van der Waals surface area contributed by atoms with Crippen molar-refractivity contribution in [2.24, 2.45) is 0 Å². The third kappa shape index (κ3) is 6.10. The zero-order chi connectivity index (χ0) is 21.3. The molecule has 0 aliphatic heterocycles. The molecule has 2 heterocycles. The van der Waals surface area contributed by atoms with Crippen LogP contribution in [0.25, 0.3) is 11.0 Å². The maximum atomic E-state index is 13.0. The quantitative estimate of drug-likeness (QED) is 0.502. The number of para-hydroxylation sites is 2. The van der Waals surface area contributed by atoms with E-state index in [2.05, 4.69) is 25.6 Å². The summed E-state index contributed by atoms with van der Waals surface area (Å²) in [5.74, 6) is 0.0329. The monoisotopic (exact) mass is 485 g/mol. The number of aryl methyl sites for hydroxylation is 1. The molecule has 0 saturated heterocycles. The number of H-pyrrole nitrogens is 1. The molecule has 1 saturated carbocycles. The third-order valence-corrected chi connectivity index (χ3v) is 5.28. The van der Waals surface area contributed by atoms with Crippen LogP contribution in [0, 0.1) is 6.92 Å². The number of hydrogen-bond donors (Lipinski definition) is 3. The Morgan fingerprint density at radius 3 is 2.34 bits per heavy atom. The highest BCUT2D eigenvalue weighted by molar-refractivity contribution is 7.59. The molecule has 3 aromatic rings. The molecule has 1 aromatic carbocycles. The van der Waals surface area contributed by atoms with Gasteiger partial charge in [0.15, 0.2) is 5.82 Å². The minimum atomic E-state index is -4.47. The molecule has 3 N–H and O–H groups in total. The van der Waals surface area contributed by atoms with Crippen molar-refractivity contribution in [3.63, 3.8) is 0 Å². The molecule has 0 bridgehead atoms. The number of fused-ring (bicyclic) bond motifs is 1. The Morgan fingerprint density at radius 2 is 1.69 bits per heavy atom. The zero-order valence-corrected chi connectivity index (χ0v) is 19.4. The van der Waals surface area contributed by atoms with Gasteiger partial charge in [0, 0.05) is 23.5 Å². The molecule has 174 valence electrons. The largest absolute Gasteiger partial charge is 0.433 e. The van der Waals surface area contributed by atoms with Crippen LogP contribution in [0.1, 0.15) is 47.7 Å². The maximum absolute atomic E-state index is 13.0. The molecule has 6 nitrogen and oxygen atoms in total. The van der Waals surface area contributed by atoms with Gasteiger partial charge in [-0.15, -0.1) is 0 Å². The Balaban J connectivity index is 0.00000181. The number of carbonyl (C=O) groups excluding carboxylic acids is 1. The first kappa shape index (κ1) is 25.9. The van der Waals surface area contributed by atoms with E-state index in [1.807, 2.05) is 24.3 Å². The SMILES string of the molecule is Cc1cc(NC2CCC(NC(=O)c3nc4ccccc4[nH]3)CC2)cc(C(F)(F)F)n1.S.S. The number of alkyl halides is 3. The molecule has 1 amide bonds. The summed E-state index contributed by atoms with van der Waals surface area (Å²) in [5, 5.41) is 6.19. The molecule has 32 heavy (non-hydrogen) atoms. The predicted octanol–water partition coefficient (Wildman–Crippen LogP) is 4.66. The fourth-order valence-electron chi connectivity index (χ4n) is 3.83. The van der Waals surface area contributed by atoms with Crippen LogP contribution >= 0.6 is 27.0 Å². The standard InChI is InChI=1S/C21H22F3N5O.2H2S/c1-12-10-15(11-18(25-12)21(22,23)24)26-13-6-8-14(9-7-13)27-20(30)19-28-16-4-2-3-5-17(16)29-19;;/h2-5,10-11,13-14H,6-9H2,1H3,(H,25,26)(H,27,30)(H,28,29);2*1H2. The molecule has 4 rings (SSSR count). The Labute approximate surface area is 197 Å². The van der Waals surface area contributed by atoms with E-state index < -0.39 is 11.9 Å². The average Bonchev–Trinajstić information content (AvgIpc) is 3.13. The number of anilines is 1. The van der Waals surface area contributed by atoms with Gasteiger partial charge in [-0.2, -0.15) is 40.2 Å². The van der Waals surface area contributed by atoms with Crippen LogP contribution in [0.2, 0.25) is 0 Å². The molecule has 1 fully saturated rings. The highest BCUT2D eigenvalue weighted by Gasteiger charge is 2.33. The number of nitrogens with one attached hydrogen (secondary N) is 3. The number of amides is 1. The van der Waals surface area contributed by atoms with E-state index in [0.717, 1.165) is 42.8 Å². The smallest absolute Gasteiger partial charge is 0.382 e. The summed E-state index contributed by atoms with van der Waals surface area (Å²) in [5.41, 5.74) is 1.39. The number of pyridine rings is 1. The number of imidazole rings is 1. The number of carbonyl (C=O) groups is 1. The van der Waals surface area contributed by atoms with Crippen LogP contribution in [-0.2, 0) is 6.18 Å². The summed E-state index contributed by atoms with van der Waals surface area (Å²) in [6, 6.07) is 10.2. The lowest BCUT2D eigenvalue weighted by Crippen LogP contribution is -2.40. The van der Waals surface area contributed by atoms with Crippen molar-refractivity contribution in [1.29, 1.82) is 0 Å². The Kier molecular flexibility index (Phi) is 8.47. The van der Waals surface area contributed by atoms with Crippen LogP contribution in [0.3, 0.4) is 0 Å². The lowest BCUT2D eigenvalue weighted by atomic mass is 9.91. The molecule has 0 atom stereocenters. The normalized spacial score (nSPS) is 18.4. The van der Waals surface area contributed by atoms with E-state index in [-0.39, 0.29) is 50.8 Å². The maximum Gasteiger partial charge on any atom is 0.433 e. The van der Waals surface area contributed by atoms with Crippen molar-refractivity contribution in [2.75, 3.05) is 5.32 Å². The summed E-state index contributed by atoms with van der Waals surface area (Å²) in [6.45, 7) is 1.55. The molecule has 2 aromatic heterocycles. The van der Waals surface area contributed by atoms with Crippen LogP contribution in [-0.4, -0.2) is 32.9 Å². The second-order valence-corrected chi connectivity index (χ2v) is 7.65. The first-order valence-corrected chi connectivity index (χ1v) is 9.86. The number of rotatable bonds is 4. The summed E-state index contributed by atoms with van der Waals surface area (Å²) < 4.78 is 38.9. The van der Waals surface area contributed by atoms with E-state index in [9.17, 15) is 18.0 Å². The molecule has 11 heteroatoms. The number of hydrogen-bond acceptors (Lipinski definition) is 4. The Morgan fingerprint density at radius 1 is 1.03 bits per heavy atom. The highest BCUT2D eigenvalue weighted by atomic mass is 32.1. The summed E-state index contributed by atoms with van der Waals surface area (Å²) in [7, 11) is 0. The van der Waals surface area contributed by atoms with E-state index >= 15 is 0 Å². The Bertz CT molecular complexity index is 1030. The number of halogens is 3. The molecule has 1 aliphatic carbocycles. The topological polar surface area (TPSA) is 82.7 Å². The summed E-state index contributed by atoms with van der Waals surface area (Å²) >= 11 is 0. The third-order valence-electron chi connectivity index (χ3n) is 5.28. The zero-order valence-electron chi connectivity index (χ0n) is 17.4. The van der Waals surface area contributed by atoms with Gasteiger partial charge in [0.05, 0.1) is 11.0 Å². The number of nitrogens with zero attached hydrogens (tertiary/aromatic N) is 2. The minimum Gasteiger partial charge on any atom is -0.382 e. The fourth-order valence-corrected chi connectivity index (χ4v) is 3.83. The first-order valence-electron chi connectivity index (χ1n) is 9.86. The van der Waals surface area contributed by atoms with Crippen molar-refractivity contribution < 1.29 is 18.0 Å². The first-order chi connectivity index (χ1) is 14.3. The van der Waals surface area contributed by atoms with Crippen LogP contribution in [0.5, 0.6) is 0 Å². The van der Waals surface area contributed by atoms with Gasteiger partial charge in [-0.25, -0.2) is 9.97 Å². The van der Waals surface area contributed by atoms with Crippen LogP contribution < -0.4 is 10.6 Å². The van der Waals surface area contributed by atoms with Crippen LogP contribution in [0.4, 0.5) is 18.9 Å².